The number of amides is 1. The average Bonchev–Trinajstić information content (AvgIpc) is 2.79. The molecule has 0 fully saturated rings. The quantitative estimate of drug-likeness (QED) is 0.611. The lowest BCUT2D eigenvalue weighted by Crippen LogP contribution is -2.42. The summed E-state index contributed by atoms with van der Waals surface area (Å²) in [6.45, 7) is 0.201. The van der Waals surface area contributed by atoms with Crippen LogP contribution in [0.15, 0.2) is 77.7 Å². The van der Waals surface area contributed by atoms with E-state index in [0.29, 0.717) is 12.0 Å². The van der Waals surface area contributed by atoms with Crippen molar-refractivity contribution in [3.05, 3.63) is 101 Å². The predicted molar refractivity (Wildman–Crippen MR) is 116 cm³/mol. The number of fused-ring (bicyclic) bond motifs is 1. The minimum Gasteiger partial charge on any atom is -0.352 e. The Morgan fingerprint density at radius 3 is 2.41 bits per heavy atom. The molecular weight excluding hydrogens is 434 g/mol. The summed E-state index contributed by atoms with van der Waals surface area (Å²) >= 11 is 0. The van der Waals surface area contributed by atoms with E-state index in [9.17, 15) is 22.0 Å². The van der Waals surface area contributed by atoms with Gasteiger partial charge in [-0.2, -0.15) is 4.31 Å². The molecule has 0 unspecified atom stereocenters. The predicted octanol–water partition coefficient (Wildman–Crippen LogP) is 3.96. The monoisotopic (exact) mass is 456 g/mol. The fourth-order valence-corrected chi connectivity index (χ4v) is 5.56. The number of carbonyl (C=O) groups is 1. The smallest absolute Gasteiger partial charge is 0.243 e. The van der Waals surface area contributed by atoms with Gasteiger partial charge in [0.1, 0.15) is 11.6 Å². The third kappa shape index (κ3) is 4.56. The second-order valence-corrected chi connectivity index (χ2v) is 9.50. The van der Waals surface area contributed by atoms with Crippen LogP contribution >= 0.6 is 0 Å². The van der Waals surface area contributed by atoms with Crippen molar-refractivity contribution < 1.29 is 22.0 Å². The highest BCUT2D eigenvalue weighted by Gasteiger charge is 2.37. The minimum absolute atomic E-state index is 0.00455. The number of benzene rings is 3. The van der Waals surface area contributed by atoms with Gasteiger partial charge in [0.2, 0.25) is 15.9 Å². The molecule has 0 saturated heterocycles. The second-order valence-electron chi connectivity index (χ2n) is 7.61. The van der Waals surface area contributed by atoms with Crippen molar-refractivity contribution in [1.82, 2.24) is 9.62 Å². The summed E-state index contributed by atoms with van der Waals surface area (Å²) in [5, 5.41) is 2.69. The van der Waals surface area contributed by atoms with Crippen LogP contribution in [0.4, 0.5) is 8.78 Å². The molecule has 32 heavy (non-hydrogen) atoms. The molecule has 0 spiro atoms. The number of rotatable bonds is 6. The van der Waals surface area contributed by atoms with Crippen molar-refractivity contribution in [1.29, 1.82) is 0 Å². The molecule has 5 nitrogen and oxygen atoms in total. The molecule has 1 N–H and O–H groups in total. The molecule has 166 valence electrons. The first-order chi connectivity index (χ1) is 15.4. The van der Waals surface area contributed by atoms with Gasteiger partial charge in [0.25, 0.3) is 0 Å². The number of nitrogens with zero attached hydrogens (tertiary/aromatic N) is 1. The topological polar surface area (TPSA) is 66.5 Å². The molecule has 0 radical (unpaired) electrons. The molecule has 1 aliphatic heterocycles. The maximum absolute atomic E-state index is 13.9. The number of halogens is 2. The summed E-state index contributed by atoms with van der Waals surface area (Å²) < 4.78 is 55.2. The Hall–Kier alpha value is -3.10. The van der Waals surface area contributed by atoms with E-state index in [1.807, 2.05) is 18.2 Å². The number of carbonyl (C=O) groups excluding carboxylic acids is 1. The molecule has 1 aliphatic rings. The molecule has 3 aromatic carbocycles. The first-order valence-electron chi connectivity index (χ1n) is 10.2. The van der Waals surface area contributed by atoms with Crippen LogP contribution in [0.5, 0.6) is 0 Å². The van der Waals surface area contributed by atoms with E-state index in [1.165, 1.54) is 22.5 Å². The first-order valence-corrected chi connectivity index (χ1v) is 11.7. The van der Waals surface area contributed by atoms with Gasteiger partial charge in [-0.05, 0) is 47.9 Å². The van der Waals surface area contributed by atoms with Crippen LogP contribution in [-0.4, -0.2) is 25.2 Å². The lowest BCUT2D eigenvalue weighted by molar-refractivity contribution is -0.122. The molecule has 1 heterocycles. The standard InChI is InChI=1S/C24H22F2N2O3S/c25-19-9-11-20(12-10-19)32(30,31)28-14-13-17-5-1-3-7-21(17)23(28)15-24(29)27-16-18-6-2-4-8-22(18)26/h1-12,23H,13-16H2,(H,27,29)/t23-/m0/s1. The molecule has 1 atom stereocenters. The third-order valence-electron chi connectivity index (χ3n) is 5.60. The summed E-state index contributed by atoms with van der Waals surface area (Å²) in [6.07, 6.45) is 0.385. The van der Waals surface area contributed by atoms with E-state index in [0.717, 1.165) is 23.3 Å². The summed E-state index contributed by atoms with van der Waals surface area (Å²) in [5.74, 6) is -1.34. The summed E-state index contributed by atoms with van der Waals surface area (Å²) in [6, 6.07) is 17.5. The van der Waals surface area contributed by atoms with Crippen molar-refractivity contribution >= 4 is 15.9 Å². The van der Waals surface area contributed by atoms with Gasteiger partial charge >= 0.3 is 0 Å². The van der Waals surface area contributed by atoms with Crippen molar-refractivity contribution in [2.24, 2.45) is 0 Å². The van der Waals surface area contributed by atoms with Crippen LogP contribution in [0.25, 0.3) is 0 Å². The van der Waals surface area contributed by atoms with Crippen molar-refractivity contribution in [3.63, 3.8) is 0 Å². The Morgan fingerprint density at radius 1 is 0.969 bits per heavy atom. The molecule has 0 aliphatic carbocycles. The molecule has 4 rings (SSSR count). The number of nitrogens with one attached hydrogen (secondary N) is 1. The molecule has 1 amide bonds. The SMILES string of the molecule is O=C(C[C@H]1c2ccccc2CCN1S(=O)(=O)c1ccc(F)cc1)NCc1ccccc1F. The van der Waals surface area contributed by atoms with Crippen molar-refractivity contribution in [3.8, 4) is 0 Å². The average molecular weight is 457 g/mol. The fraction of sp³-hybridized carbons (Fsp3) is 0.208. The molecule has 3 aromatic rings. The van der Waals surface area contributed by atoms with Crippen molar-refractivity contribution in [2.75, 3.05) is 6.54 Å². The van der Waals surface area contributed by atoms with Gasteiger partial charge < -0.3 is 5.32 Å². The molecular formula is C24H22F2N2O3S. The zero-order valence-electron chi connectivity index (χ0n) is 17.2. The zero-order chi connectivity index (χ0) is 22.7. The molecule has 0 aromatic heterocycles. The Bertz CT molecular complexity index is 1230. The molecule has 8 heteroatoms. The Balaban J connectivity index is 1.60. The molecule has 0 saturated carbocycles. The van der Waals surface area contributed by atoms with E-state index in [4.69, 9.17) is 0 Å². The maximum atomic E-state index is 13.9. The van der Waals surface area contributed by atoms with E-state index in [1.54, 1.807) is 24.3 Å². The number of hydrogen-bond acceptors (Lipinski definition) is 3. The normalized spacial score (nSPS) is 16.4. The van der Waals surface area contributed by atoms with Crippen LogP contribution in [0.1, 0.15) is 29.2 Å². The summed E-state index contributed by atoms with van der Waals surface area (Å²) in [5.41, 5.74) is 2.08. The Labute approximate surface area is 185 Å². The fourth-order valence-electron chi connectivity index (χ4n) is 3.95. The Morgan fingerprint density at radius 2 is 1.66 bits per heavy atom. The number of hydrogen-bond donors (Lipinski definition) is 1. The highest BCUT2D eigenvalue weighted by atomic mass is 32.2. The van der Waals surface area contributed by atoms with Crippen LogP contribution < -0.4 is 5.32 Å². The lowest BCUT2D eigenvalue weighted by Gasteiger charge is -2.36. The van der Waals surface area contributed by atoms with Gasteiger partial charge in [-0.15, -0.1) is 0 Å². The van der Waals surface area contributed by atoms with Gasteiger partial charge in [0, 0.05) is 25.1 Å². The highest BCUT2D eigenvalue weighted by Crippen LogP contribution is 2.36. The minimum atomic E-state index is -3.96. The second kappa shape index (κ2) is 9.18. The van der Waals surface area contributed by atoms with Gasteiger partial charge in [-0.1, -0.05) is 42.5 Å². The van der Waals surface area contributed by atoms with Crippen LogP contribution in [0, 0.1) is 11.6 Å². The van der Waals surface area contributed by atoms with Gasteiger partial charge in [0.15, 0.2) is 0 Å². The van der Waals surface area contributed by atoms with Gasteiger partial charge in [-0.25, -0.2) is 17.2 Å². The van der Waals surface area contributed by atoms with Crippen LogP contribution in [0.3, 0.4) is 0 Å². The van der Waals surface area contributed by atoms with E-state index < -0.39 is 33.6 Å². The van der Waals surface area contributed by atoms with Gasteiger partial charge in [0.05, 0.1) is 10.9 Å². The Kier molecular flexibility index (Phi) is 6.34. The van der Waals surface area contributed by atoms with Crippen molar-refractivity contribution in [2.45, 2.75) is 30.3 Å². The third-order valence-corrected chi connectivity index (χ3v) is 7.52. The summed E-state index contributed by atoms with van der Waals surface area (Å²) in [4.78, 5) is 12.7. The van der Waals surface area contributed by atoms with E-state index in [-0.39, 0.29) is 24.4 Å². The highest BCUT2D eigenvalue weighted by molar-refractivity contribution is 7.89. The lowest BCUT2D eigenvalue weighted by atomic mass is 9.92. The maximum Gasteiger partial charge on any atom is 0.243 e. The van der Waals surface area contributed by atoms with E-state index >= 15 is 0 Å². The number of sulfonamides is 1. The van der Waals surface area contributed by atoms with E-state index in [2.05, 4.69) is 5.32 Å². The van der Waals surface area contributed by atoms with Gasteiger partial charge in [-0.3, -0.25) is 4.79 Å². The largest absolute Gasteiger partial charge is 0.352 e. The molecule has 0 bridgehead atoms. The summed E-state index contributed by atoms with van der Waals surface area (Å²) in [7, 11) is -3.96. The zero-order valence-corrected chi connectivity index (χ0v) is 18.0. The first kappa shape index (κ1) is 22.1. The van der Waals surface area contributed by atoms with Crippen LogP contribution in [0.2, 0.25) is 0 Å². The van der Waals surface area contributed by atoms with Crippen LogP contribution in [-0.2, 0) is 27.8 Å².